The SMILES string of the molecule is Clc1cncc2nnc(-c3ncccc3Br)n12. The zero-order valence-electron chi connectivity index (χ0n) is 8.38. The van der Waals surface area contributed by atoms with Crippen molar-refractivity contribution in [1.82, 2.24) is 24.6 Å². The molecule has 0 aromatic carbocycles. The highest BCUT2D eigenvalue weighted by atomic mass is 79.9. The summed E-state index contributed by atoms with van der Waals surface area (Å²) >= 11 is 9.51. The Hall–Kier alpha value is -1.53. The Morgan fingerprint density at radius 3 is 2.94 bits per heavy atom. The number of hydrogen-bond donors (Lipinski definition) is 0. The Balaban J connectivity index is 2.36. The monoisotopic (exact) mass is 309 g/mol. The molecule has 3 aromatic heterocycles. The molecule has 0 N–H and O–H groups in total. The molecule has 0 radical (unpaired) electrons. The first-order chi connectivity index (χ1) is 8.27. The standard InChI is InChI=1S/C10H5BrClN5/c11-6-2-1-3-14-9(6)10-16-15-8-5-13-4-7(12)17(8)10/h1-5H. The summed E-state index contributed by atoms with van der Waals surface area (Å²) in [5.41, 5.74) is 1.28. The maximum atomic E-state index is 6.08. The van der Waals surface area contributed by atoms with Gasteiger partial charge in [-0.15, -0.1) is 10.2 Å². The fraction of sp³-hybridized carbons (Fsp3) is 0. The van der Waals surface area contributed by atoms with E-state index in [0.717, 1.165) is 4.47 Å². The summed E-state index contributed by atoms with van der Waals surface area (Å²) in [6.45, 7) is 0. The van der Waals surface area contributed by atoms with Crippen molar-refractivity contribution in [3.05, 3.63) is 40.3 Å². The Morgan fingerprint density at radius 2 is 2.12 bits per heavy atom. The highest BCUT2D eigenvalue weighted by Crippen LogP contribution is 2.26. The molecular weight excluding hydrogens is 306 g/mol. The first-order valence-electron chi connectivity index (χ1n) is 4.73. The Bertz CT molecular complexity index is 696. The Morgan fingerprint density at radius 1 is 1.24 bits per heavy atom. The van der Waals surface area contributed by atoms with Crippen LogP contribution in [0.1, 0.15) is 0 Å². The number of aromatic nitrogens is 5. The molecule has 0 unspecified atom stereocenters. The minimum Gasteiger partial charge on any atom is -0.261 e. The molecule has 0 saturated carbocycles. The van der Waals surface area contributed by atoms with E-state index in [1.54, 1.807) is 16.8 Å². The lowest BCUT2D eigenvalue weighted by molar-refractivity contribution is 1.08. The maximum Gasteiger partial charge on any atom is 0.189 e. The van der Waals surface area contributed by atoms with Crippen molar-refractivity contribution in [3.63, 3.8) is 0 Å². The predicted molar refractivity (Wildman–Crippen MR) is 66.7 cm³/mol. The quantitative estimate of drug-likeness (QED) is 0.693. The lowest BCUT2D eigenvalue weighted by Crippen LogP contribution is -1.94. The highest BCUT2D eigenvalue weighted by molar-refractivity contribution is 9.10. The average Bonchev–Trinajstić information content (AvgIpc) is 2.75. The summed E-state index contributed by atoms with van der Waals surface area (Å²) in [6, 6.07) is 3.72. The Kier molecular flexibility index (Phi) is 2.53. The number of hydrogen-bond acceptors (Lipinski definition) is 4. The van der Waals surface area contributed by atoms with E-state index in [1.165, 1.54) is 6.20 Å². The molecule has 0 saturated heterocycles. The summed E-state index contributed by atoms with van der Waals surface area (Å²) in [5, 5.41) is 8.53. The summed E-state index contributed by atoms with van der Waals surface area (Å²) in [7, 11) is 0. The summed E-state index contributed by atoms with van der Waals surface area (Å²) in [4.78, 5) is 8.22. The summed E-state index contributed by atoms with van der Waals surface area (Å²) in [6.07, 6.45) is 4.83. The molecule has 0 aliphatic carbocycles. The Labute approximate surface area is 110 Å². The van der Waals surface area contributed by atoms with Gasteiger partial charge in [-0.1, -0.05) is 11.6 Å². The van der Waals surface area contributed by atoms with E-state index >= 15 is 0 Å². The number of halogens is 2. The van der Waals surface area contributed by atoms with E-state index < -0.39 is 0 Å². The van der Waals surface area contributed by atoms with Gasteiger partial charge in [0.15, 0.2) is 11.5 Å². The number of fused-ring (bicyclic) bond motifs is 1. The minimum atomic E-state index is 0.444. The second kappa shape index (κ2) is 4.05. The van der Waals surface area contributed by atoms with Crippen LogP contribution in [-0.2, 0) is 0 Å². The third kappa shape index (κ3) is 1.69. The van der Waals surface area contributed by atoms with Gasteiger partial charge >= 0.3 is 0 Å². The van der Waals surface area contributed by atoms with Crippen molar-refractivity contribution in [2.24, 2.45) is 0 Å². The van der Waals surface area contributed by atoms with Crippen molar-refractivity contribution >= 4 is 33.2 Å². The molecule has 0 aliphatic heterocycles. The third-order valence-corrected chi connectivity index (χ3v) is 3.15. The molecule has 3 aromatic rings. The van der Waals surface area contributed by atoms with Crippen LogP contribution < -0.4 is 0 Å². The lowest BCUT2D eigenvalue weighted by Gasteiger charge is -2.02. The topological polar surface area (TPSA) is 56.0 Å². The first-order valence-corrected chi connectivity index (χ1v) is 5.90. The molecule has 84 valence electrons. The van der Waals surface area contributed by atoms with Crippen molar-refractivity contribution in [2.45, 2.75) is 0 Å². The zero-order chi connectivity index (χ0) is 11.8. The molecule has 5 nitrogen and oxygen atoms in total. The van der Waals surface area contributed by atoms with Gasteiger partial charge in [0.25, 0.3) is 0 Å². The number of rotatable bonds is 1. The van der Waals surface area contributed by atoms with E-state index in [-0.39, 0.29) is 0 Å². The van der Waals surface area contributed by atoms with E-state index in [9.17, 15) is 0 Å². The molecule has 3 rings (SSSR count). The predicted octanol–water partition coefficient (Wildman–Crippen LogP) is 2.60. The summed E-state index contributed by atoms with van der Waals surface area (Å²) in [5.74, 6) is 0.583. The van der Waals surface area contributed by atoms with E-state index in [2.05, 4.69) is 36.1 Å². The summed E-state index contributed by atoms with van der Waals surface area (Å²) < 4.78 is 2.53. The largest absolute Gasteiger partial charge is 0.261 e. The van der Waals surface area contributed by atoms with Gasteiger partial charge in [0.2, 0.25) is 0 Å². The van der Waals surface area contributed by atoms with E-state index in [1.807, 2.05) is 12.1 Å². The van der Waals surface area contributed by atoms with Crippen LogP contribution in [0.3, 0.4) is 0 Å². The van der Waals surface area contributed by atoms with Crippen LogP contribution in [0.15, 0.2) is 35.2 Å². The van der Waals surface area contributed by atoms with Crippen molar-refractivity contribution < 1.29 is 0 Å². The number of pyridine rings is 1. The second-order valence-corrected chi connectivity index (χ2v) is 4.52. The van der Waals surface area contributed by atoms with Crippen molar-refractivity contribution in [3.8, 4) is 11.5 Å². The molecule has 0 atom stereocenters. The fourth-order valence-electron chi connectivity index (χ4n) is 1.52. The smallest absolute Gasteiger partial charge is 0.189 e. The molecular formula is C10H5BrClN5. The molecule has 0 fully saturated rings. The van der Waals surface area contributed by atoms with Crippen LogP contribution >= 0.6 is 27.5 Å². The van der Waals surface area contributed by atoms with Crippen LogP contribution in [-0.4, -0.2) is 24.6 Å². The van der Waals surface area contributed by atoms with Crippen molar-refractivity contribution in [2.75, 3.05) is 0 Å². The van der Waals surface area contributed by atoms with Gasteiger partial charge in [-0.25, -0.2) is 0 Å². The second-order valence-electron chi connectivity index (χ2n) is 3.28. The third-order valence-electron chi connectivity index (χ3n) is 2.24. The molecule has 3 heterocycles. The van der Waals surface area contributed by atoms with Gasteiger partial charge in [0, 0.05) is 10.7 Å². The maximum absolute atomic E-state index is 6.08. The molecule has 0 spiro atoms. The molecule has 0 bridgehead atoms. The van der Waals surface area contributed by atoms with Gasteiger partial charge in [0.05, 0.1) is 12.4 Å². The van der Waals surface area contributed by atoms with Gasteiger partial charge in [-0.2, -0.15) is 0 Å². The first kappa shape index (κ1) is 10.6. The molecule has 17 heavy (non-hydrogen) atoms. The zero-order valence-corrected chi connectivity index (χ0v) is 10.7. The van der Waals surface area contributed by atoms with Gasteiger partial charge < -0.3 is 0 Å². The highest BCUT2D eigenvalue weighted by Gasteiger charge is 2.14. The molecule has 0 aliphatic rings. The molecule has 7 heteroatoms. The van der Waals surface area contributed by atoms with Crippen LogP contribution in [0.25, 0.3) is 17.2 Å². The van der Waals surface area contributed by atoms with Crippen LogP contribution in [0.4, 0.5) is 0 Å². The van der Waals surface area contributed by atoms with E-state index in [0.29, 0.717) is 22.3 Å². The van der Waals surface area contributed by atoms with Crippen LogP contribution in [0, 0.1) is 0 Å². The lowest BCUT2D eigenvalue weighted by atomic mass is 10.3. The van der Waals surface area contributed by atoms with Crippen LogP contribution in [0.2, 0.25) is 5.15 Å². The van der Waals surface area contributed by atoms with E-state index in [4.69, 9.17) is 11.6 Å². The van der Waals surface area contributed by atoms with Gasteiger partial charge in [-0.3, -0.25) is 14.4 Å². The number of nitrogens with zero attached hydrogens (tertiary/aromatic N) is 5. The fourth-order valence-corrected chi connectivity index (χ4v) is 2.17. The average molecular weight is 311 g/mol. The van der Waals surface area contributed by atoms with Gasteiger partial charge in [0.1, 0.15) is 10.8 Å². The normalized spacial score (nSPS) is 10.9. The van der Waals surface area contributed by atoms with Gasteiger partial charge in [-0.05, 0) is 28.1 Å². The minimum absolute atomic E-state index is 0.444. The van der Waals surface area contributed by atoms with Crippen LogP contribution in [0.5, 0.6) is 0 Å². The van der Waals surface area contributed by atoms with Crippen molar-refractivity contribution in [1.29, 1.82) is 0 Å². The molecule has 0 amide bonds.